The van der Waals surface area contributed by atoms with Gasteiger partial charge in [0.2, 0.25) is 5.91 Å². The average Bonchev–Trinajstić information content (AvgIpc) is 2.81. The molecule has 2 saturated heterocycles. The van der Waals surface area contributed by atoms with Crippen molar-refractivity contribution in [2.75, 3.05) is 26.2 Å². The third kappa shape index (κ3) is 3.71. The van der Waals surface area contributed by atoms with Crippen molar-refractivity contribution in [3.05, 3.63) is 35.2 Å². The zero-order valence-corrected chi connectivity index (χ0v) is 17.6. The van der Waals surface area contributed by atoms with Crippen molar-refractivity contribution in [2.45, 2.75) is 46.1 Å². The van der Waals surface area contributed by atoms with Crippen molar-refractivity contribution in [3.63, 3.8) is 0 Å². The molecule has 4 rings (SSSR count). The van der Waals surface area contributed by atoms with Gasteiger partial charge in [-0.15, -0.1) is 0 Å². The van der Waals surface area contributed by atoms with Crippen LogP contribution in [-0.4, -0.2) is 58.4 Å². The molecule has 2 amide bonds. The van der Waals surface area contributed by atoms with Gasteiger partial charge in [0, 0.05) is 31.7 Å². The maximum Gasteiger partial charge on any atom is 0.253 e. The number of likely N-dealkylation sites (tertiary alicyclic amines) is 1. The van der Waals surface area contributed by atoms with Crippen molar-refractivity contribution in [3.8, 4) is 0 Å². The molecule has 0 radical (unpaired) electrons. The number of carbonyl (C=O) groups excluding carboxylic acids is 2. The van der Waals surface area contributed by atoms with Gasteiger partial charge in [-0.1, -0.05) is 13.8 Å². The summed E-state index contributed by atoms with van der Waals surface area (Å²) < 4.78 is 0. The number of carbonyl (C=O) groups is 2. The summed E-state index contributed by atoms with van der Waals surface area (Å²) in [6, 6.07) is 5.49. The first-order chi connectivity index (χ1) is 13.7. The highest BCUT2D eigenvalue weighted by Gasteiger charge is 2.45. The van der Waals surface area contributed by atoms with E-state index in [-0.39, 0.29) is 17.2 Å². The van der Waals surface area contributed by atoms with Gasteiger partial charge in [-0.25, -0.2) is 9.97 Å². The zero-order chi connectivity index (χ0) is 20.8. The normalized spacial score (nSPS) is 21.1. The Kier molecular flexibility index (Phi) is 4.81. The summed E-state index contributed by atoms with van der Waals surface area (Å²) >= 11 is 0. The van der Waals surface area contributed by atoms with E-state index < -0.39 is 5.54 Å². The second-order valence-corrected chi connectivity index (χ2v) is 9.17. The molecule has 2 aromatic rings. The van der Waals surface area contributed by atoms with Gasteiger partial charge in [-0.3, -0.25) is 9.59 Å². The van der Waals surface area contributed by atoms with Gasteiger partial charge in [-0.2, -0.15) is 0 Å². The molecule has 0 bridgehead atoms. The number of amides is 2. The van der Waals surface area contributed by atoms with Crippen LogP contribution in [-0.2, 0) is 4.79 Å². The molecule has 1 spiro atoms. The summed E-state index contributed by atoms with van der Waals surface area (Å²) in [6.45, 7) is 10.7. The number of fused-ring (bicyclic) bond motifs is 1. The number of hydrogen-bond acceptors (Lipinski definition) is 5. The lowest BCUT2D eigenvalue weighted by molar-refractivity contribution is -0.128. The minimum Gasteiger partial charge on any atom is -0.354 e. The molecule has 2 aliphatic rings. The van der Waals surface area contributed by atoms with Gasteiger partial charge >= 0.3 is 0 Å². The monoisotopic (exact) mass is 395 g/mol. The summed E-state index contributed by atoms with van der Waals surface area (Å²) in [5.74, 6) is 0.0399. The molecule has 7 heteroatoms. The number of rotatable bonds is 1. The Labute approximate surface area is 171 Å². The van der Waals surface area contributed by atoms with E-state index in [2.05, 4.69) is 34.4 Å². The molecule has 3 heterocycles. The van der Waals surface area contributed by atoms with Crippen LogP contribution in [0.3, 0.4) is 0 Å². The number of piperidine rings is 1. The van der Waals surface area contributed by atoms with Crippen LogP contribution < -0.4 is 10.6 Å². The maximum atomic E-state index is 13.1. The molecule has 0 atom stereocenters. The summed E-state index contributed by atoms with van der Waals surface area (Å²) in [5, 5.41) is 6.58. The molecule has 0 saturated carbocycles. The fourth-order valence-electron chi connectivity index (χ4n) is 4.08. The van der Waals surface area contributed by atoms with Crippen molar-refractivity contribution in [1.29, 1.82) is 0 Å². The standard InChI is InChI=1S/C22H29N5O2/c1-14-15(2)26-18-11-16(5-6-17(18)25-14)19(28)27-9-7-22(8-10-27)20(29)23-12-21(3,4)13-24-22/h5-6,11,24H,7-10,12-13H2,1-4H3,(H,23,29). The molecule has 2 aliphatic heterocycles. The van der Waals surface area contributed by atoms with Crippen LogP contribution >= 0.6 is 0 Å². The van der Waals surface area contributed by atoms with E-state index >= 15 is 0 Å². The van der Waals surface area contributed by atoms with Gasteiger partial charge in [-0.05, 0) is 50.3 Å². The van der Waals surface area contributed by atoms with Crippen LogP contribution in [0.5, 0.6) is 0 Å². The molecule has 0 unspecified atom stereocenters. The fraction of sp³-hybridized carbons (Fsp3) is 0.545. The Morgan fingerprint density at radius 2 is 1.69 bits per heavy atom. The van der Waals surface area contributed by atoms with Crippen molar-refractivity contribution in [2.24, 2.45) is 5.41 Å². The van der Waals surface area contributed by atoms with E-state index in [0.717, 1.165) is 29.0 Å². The zero-order valence-electron chi connectivity index (χ0n) is 17.6. The Morgan fingerprint density at radius 3 is 2.38 bits per heavy atom. The second-order valence-electron chi connectivity index (χ2n) is 9.17. The lowest BCUT2D eigenvalue weighted by Crippen LogP contribution is -2.61. The second kappa shape index (κ2) is 7.06. The van der Waals surface area contributed by atoms with E-state index in [4.69, 9.17) is 0 Å². The topological polar surface area (TPSA) is 87.2 Å². The summed E-state index contributed by atoms with van der Waals surface area (Å²) in [7, 11) is 0. The Hall–Kier alpha value is -2.54. The number of nitrogens with zero attached hydrogens (tertiary/aromatic N) is 3. The number of hydrogen-bond donors (Lipinski definition) is 2. The van der Waals surface area contributed by atoms with Crippen LogP contribution in [0, 0.1) is 19.3 Å². The van der Waals surface area contributed by atoms with Crippen LogP contribution in [0.1, 0.15) is 48.4 Å². The molecular formula is C22H29N5O2. The smallest absolute Gasteiger partial charge is 0.253 e. The minimum absolute atomic E-state index is 0.0175. The molecule has 154 valence electrons. The number of benzene rings is 1. The van der Waals surface area contributed by atoms with Crippen molar-refractivity contribution >= 4 is 22.8 Å². The van der Waals surface area contributed by atoms with Crippen molar-refractivity contribution < 1.29 is 9.59 Å². The molecule has 7 nitrogen and oxygen atoms in total. The Morgan fingerprint density at radius 1 is 1.03 bits per heavy atom. The Balaban J connectivity index is 1.50. The predicted octanol–water partition coefficient (Wildman–Crippen LogP) is 1.97. The summed E-state index contributed by atoms with van der Waals surface area (Å²) in [4.78, 5) is 36.8. The van der Waals surface area contributed by atoms with Gasteiger partial charge in [0.1, 0.15) is 5.54 Å². The van der Waals surface area contributed by atoms with E-state index in [1.54, 1.807) is 0 Å². The summed E-state index contributed by atoms with van der Waals surface area (Å²) in [6.07, 6.45) is 1.23. The lowest BCUT2D eigenvalue weighted by Gasteiger charge is -2.40. The van der Waals surface area contributed by atoms with Gasteiger partial charge < -0.3 is 15.5 Å². The van der Waals surface area contributed by atoms with Crippen LogP contribution in [0.2, 0.25) is 0 Å². The first-order valence-corrected chi connectivity index (χ1v) is 10.3. The lowest BCUT2D eigenvalue weighted by atomic mass is 9.85. The quantitative estimate of drug-likeness (QED) is 0.771. The van der Waals surface area contributed by atoms with E-state index in [1.807, 2.05) is 36.9 Å². The highest BCUT2D eigenvalue weighted by molar-refractivity contribution is 5.97. The molecule has 1 aromatic heterocycles. The molecule has 1 aromatic carbocycles. The summed E-state index contributed by atoms with van der Waals surface area (Å²) in [5.41, 5.74) is 3.36. The number of nitrogens with one attached hydrogen (secondary N) is 2. The highest BCUT2D eigenvalue weighted by atomic mass is 16.2. The predicted molar refractivity (Wildman–Crippen MR) is 112 cm³/mol. The van der Waals surface area contributed by atoms with Gasteiger partial charge in [0.05, 0.1) is 22.4 Å². The van der Waals surface area contributed by atoms with Crippen LogP contribution in [0.4, 0.5) is 0 Å². The van der Waals surface area contributed by atoms with Gasteiger partial charge in [0.15, 0.2) is 0 Å². The molecule has 0 aliphatic carbocycles. The number of aryl methyl sites for hydroxylation is 2. The minimum atomic E-state index is -0.575. The average molecular weight is 396 g/mol. The molecule has 2 N–H and O–H groups in total. The van der Waals surface area contributed by atoms with E-state index in [9.17, 15) is 9.59 Å². The van der Waals surface area contributed by atoms with Crippen molar-refractivity contribution in [1.82, 2.24) is 25.5 Å². The number of aromatic nitrogens is 2. The largest absolute Gasteiger partial charge is 0.354 e. The third-order valence-corrected chi connectivity index (χ3v) is 6.29. The molecule has 29 heavy (non-hydrogen) atoms. The fourth-order valence-corrected chi connectivity index (χ4v) is 4.08. The van der Waals surface area contributed by atoms with E-state index in [1.165, 1.54) is 0 Å². The van der Waals surface area contributed by atoms with Gasteiger partial charge in [0.25, 0.3) is 5.91 Å². The third-order valence-electron chi connectivity index (χ3n) is 6.29. The highest BCUT2D eigenvalue weighted by Crippen LogP contribution is 2.28. The molecular weight excluding hydrogens is 366 g/mol. The Bertz CT molecular complexity index is 977. The molecule has 2 fully saturated rings. The van der Waals surface area contributed by atoms with E-state index in [0.29, 0.717) is 38.0 Å². The van der Waals surface area contributed by atoms with Crippen LogP contribution in [0.25, 0.3) is 11.0 Å². The SMILES string of the molecule is Cc1nc2ccc(C(=O)N3CCC4(CC3)NCC(C)(C)CNC4=O)cc2nc1C. The first kappa shape index (κ1) is 19.8. The first-order valence-electron chi connectivity index (χ1n) is 10.3. The maximum absolute atomic E-state index is 13.1. The van der Waals surface area contributed by atoms with Crippen LogP contribution in [0.15, 0.2) is 18.2 Å².